The number of anilines is 2. The summed E-state index contributed by atoms with van der Waals surface area (Å²) in [5.41, 5.74) is 11.4. The molecule has 0 amide bonds. The quantitative estimate of drug-likeness (QED) is 0.281. The molecule has 6 heteroatoms. The highest BCUT2D eigenvalue weighted by molar-refractivity contribution is 5.92. The molecule has 0 saturated heterocycles. The third-order valence-corrected chi connectivity index (χ3v) is 2.48. The Morgan fingerprint density at radius 1 is 0.947 bits per heavy atom. The summed E-state index contributed by atoms with van der Waals surface area (Å²) >= 11 is 0. The molecule has 2 rings (SSSR count). The predicted molar refractivity (Wildman–Crippen MR) is 70.0 cm³/mol. The number of phenolic OH excluding ortho intramolecular Hbond substituents is 2. The van der Waals surface area contributed by atoms with Crippen molar-refractivity contribution in [2.45, 2.75) is 0 Å². The Morgan fingerprint density at radius 3 is 2.11 bits per heavy atom. The van der Waals surface area contributed by atoms with Crippen LogP contribution in [0.5, 0.6) is 17.2 Å². The zero-order valence-corrected chi connectivity index (χ0v) is 9.83. The normalized spacial score (nSPS) is 10.1. The van der Waals surface area contributed by atoms with E-state index in [1.165, 1.54) is 36.4 Å². The second kappa shape index (κ2) is 4.77. The fourth-order valence-corrected chi connectivity index (χ4v) is 1.42. The first-order chi connectivity index (χ1) is 8.97. The summed E-state index contributed by atoms with van der Waals surface area (Å²) in [7, 11) is 0. The van der Waals surface area contributed by atoms with Gasteiger partial charge in [-0.15, -0.1) is 0 Å². The molecule has 0 atom stereocenters. The lowest BCUT2D eigenvalue weighted by Gasteiger charge is -2.07. The van der Waals surface area contributed by atoms with E-state index in [0.29, 0.717) is 0 Å². The molecule has 0 spiro atoms. The number of carbonyl (C=O) groups is 1. The Balaban J connectivity index is 2.20. The van der Waals surface area contributed by atoms with Gasteiger partial charge in [0.1, 0.15) is 17.2 Å². The number of hydrogen-bond acceptors (Lipinski definition) is 6. The largest absolute Gasteiger partial charge is 0.506 e. The van der Waals surface area contributed by atoms with Crippen LogP contribution < -0.4 is 16.2 Å². The molecule has 19 heavy (non-hydrogen) atoms. The van der Waals surface area contributed by atoms with Gasteiger partial charge < -0.3 is 26.4 Å². The van der Waals surface area contributed by atoms with Crippen LogP contribution in [0.3, 0.4) is 0 Å². The highest BCUT2D eigenvalue weighted by Gasteiger charge is 2.11. The Bertz CT molecular complexity index is 641. The van der Waals surface area contributed by atoms with Gasteiger partial charge in [0, 0.05) is 6.07 Å². The maximum atomic E-state index is 11.8. The number of hydrogen-bond donors (Lipinski definition) is 4. The molecule has 0 fully saturated rings. The number of nitrogens with two attached hydrogens (primary N) is 2. The molecule has 6 N–H and O–H groups in total. The Labute approximate surface area is 108 Å². The molecule has 0 aromatic heterocycles. The van der Waals surface area contributed by atoms with Gasteiger partial charge in [-0.1, -0.05) is 0 Å². The van der Waals surface area contributed by atoms with Crippen molar-refractivity contribution in [2.24, 2.45) is 0 Å². The molecule has 0 aliphatic heterocycles. The van der Waals surface area contributed by atoms with Crippen molar-refractivity contribution in [1.82, 2.24) is 0 Å². The van der Waals surface area contributed by atoms with Crippen molar-refractivity contribution >= 4 is 17.3 Å². The molecule has 2 aromatic carbocycles. The molecule has 0 aliphatic rings. The number of nitrogen functional groups attached to an aromatic ring is 2. The van der Waals surface area contributed by atoms with Crippen molar-refractivity contribution in [2.75, 3.05) is 11.5 Å². The van der Waals surface area contributed by atoms with Crippen molar-refractivity contribution in [3.63, 3.8) is 0 Å². The Morgan fingerprint density at radius 2 is 1.53 bits per heavy atom. The van der Waals surface area contributed by atoms with Crippen molar-refractivity contribution in [3.05, 3.63) is 42.0 Å². The third-order valence-electron chi connectivity index (χ3n) is 2.48. The van der Waals surface area contributed by atoms with Crippen molar-refractivity contribution in [1.29, 1.82) is 0 Å². The first kappa shape index (κ1) is 12.6. The molecule has 98 valence electrons. The van der Waals surface area contributed by atoms with E-state index in [-0.39, 0.29) is 34.2 Å². The summed E-state index contributed by atoms with van der Waals surface area (Å²) in [6.07, 6.45) is 0. The van der Waals surface area contributed by atoms with Gasteiger partial charge in [0.25, 0.3) is 0 Å². The van der Waals surface area contributed by atoms with E-state index in [1.54, 1.807) is 0 Å². The van der Waals surface area contributed by atoms with Crippen LogP contribution in [0.4, 0.5) is 11.4 Å². The third kappa shape index (κ3) is 2.68. The van der Waals surface area contributed by atoms with Crippen LogP contribution in [0.25, 0.3) is 0 Å². The van der Waals surface area contributed by atoms with Gasteiger partial charge in [0.15, 0.2) is 0 Å². The number of esters is 1. The van der Waals surface area contributed by atoms with E-state index < -0.39 is 5.97 Å². The first-order valence-electron chi connectivity index (χ1n) is 5.36. The average Bonchev–Trinajstić information content (AvgIpc) is 2.37. The van der Waals surface area contributed by atoms with Gasteiger partial charge in [-0.3, -0.25) is 0 Å². The Hall–Kier alpha value is -2.89. The molecule has 0 heterocycles. The molecule has 0 saturated carbocycles. The van der Waals surface area contributed by atoms with Crippen LogP contribution in [0.2, 0.25) is 0 Å². The van der Waals surface area contributed by atoms with Gasteiger partial charge in [-0.25, -0.2) is 4.79 Å². The van der Waals surface area contributed by atoms with E-state index in [0.717, 1.165) is 0 Å². The highest BCUT2D eigenvalue weighted by Crippen LogP contribution is 2.26. The molecule has 6 nitrogen and oxygen atoms in total. The Kier molecular flexibility index (Phi) is 3.15. The number of benzene rings is 2. The number of ether oxygens (including phenoxy) is 1. The number of rotatable bonds is 2. The van der Waals surface area contributed by atoms with Crippen LogP contribution in [0, 0.1) is 0 Å². The zero-order valence-electron chi connectivity index (χ0n) is 9.83. The molecular weight excluding hydrogens is 248 g/mol. The minimum absolute atomic E-state index is 0.142. The molecule has 0 bridgehead atoms. The summed E-state index contributed by atoms with van der Waals surface area (Å²) in [6, 6.07) is 8.11. The van der Waals surface area contributed by atoms with E-state index in [9.17, 15) is 15.0 Å². The van der Waals surface area contributed by atoms with Gasteiger partial charge in [0.05, 0.1) is 16.9 Å². The van der Waals surface area contributed by atoms with Crippen LogP contribution in [0.1, 0.15) is 10.4 Å². The highest BCUT2D eigenvalue weighted by atomic mass is 16.5. The van der Waals surface area contributed by atoms with E-state index in [4.69, 9.17) is 16.2 Å². The average molecular weight is 260 g/mol. The fourth-order valence-electron chi connectivity index (χ4n) is 1.42. The molecular formula is C13H12N2O4. The van der Waals surface area contributed by atoms with Crippen LogP contribution in [0.15, 0.2) is 36.4 Å². The summed E-state index contributed by atoms with van der Waals surface area (Å²) in [5, 5.41) is 18.8. The summed E-state index contributed by atoms with van der Waals surface area (Å²) in [4.78, 5) is 11.8. The van der Waals surface area contributed by atoms with E-state index >= 15 is 0 Å². The maximum Gasteiger partial charge on any atom is 0.343 e. The number of phenols is 2. The van der Waals surface area contributed by atoms with E-state index in [2.05, 4.69) is 0 Å². The van der Waals surface area contributed by atoms with Crippen LogP contribution in [-0.2, 0) is 0 Å². The zero-order chi connectivity index (χ0) is 14.0. The SMILES string of the molecule is Nc1ccc(OC(=O)c2ccc(N)c(O)c2)cc1O. The van der Waals surface area contributed by atoms with Crippen LogP contribution in [-0.4, -0.2) is 16.2 Å². The number of carbonyl (C=O) groups excluding carboxylic acids is 1. The van der Waals surface area contributed by atoms with Crippen molar-refractivity contribution in [3.8, 4) is 17.2 Å². The lowest BCUT2D eigenvalue weighted by Crippen LogP contribution is -2.08. The maximum absolute atomic E-state index is 11.8. The van der Waals surface area contributed by atoms with Gasteiger partial charge in [-0.05, 0) is 30.3 Å². The van der Waals surface area contributed by atoms with Gasteiger partial charge in [-0.2, -0.15) is 0 Å². The first-order valence-corrected chi connectivity index (χ1v) is 5.36. The minimum atomic E-state index is -0.681. The summed E-state index contributed by atoms with van der Waals surface area (Å²) in [5.74, 6) is -0.910. The summed E-state index contributed by atoms with van der Waals surface area (Å²) in [6.45, 7) is 0. The summed E-state index contributed by atoms with van der Waals surface area (Å²) < 4.78 is 5.02. The second-order valence-corrected chi connectivity index (χ2v) is 3.88. The van der Waals surface area contributed by atoms with E-state index in [1.807, 2.05) is 0 Å². The van der Waals surface area contributed by atoms with Crippen molar-refractivity contribution < 1.29 is 19.7 Å². The van der Waals surface area contributed by atoms with Gasteiger partial charge in [0.2, 0.25) is 0 Å². The monoisotopic (exact) mass is 260 g/mol. The standard InChI is InChI=1S/C13H12N2O4/c14-9-3-1-7(5-11(9)16)13(18)19-8-2-4-10(15)12(17)6-8/h1-6,16-17H,14-15H2. The minimum Gasteiger partial charge on any atom is -0.506 e. The number of aromatic hydroxyl groups is 2. The molecule has 2 aromatic rings. The predicted octanol–water partition coefficient (Wildman–Crippen LogP) is 1.48. The molecule has 0 radical (unpaired) electrons. The lowest BCUT2D eigenvalue weighted by atomic mass is 10.2. The topological polar surface area (TPSA) is 119 Å². The van der Waals surface area contributed by atoms with Gasteiger partial charge >= 0.3 is 5.97 Å². The van der Waals surface area contributed by atoms with Crippen LogP contribution >= 0.6 is 0 Å². The second-order valence-electron chi connectivity index (χ2n) is 3.88. The lowest BCUT2D eigenvalue weighted by molar-refractivity contribution is 0.0734. The fraction of sp³-hybridized carbons (Fsp3) is 0. The molecule has 0 unspecified atom stereocenters. The molecule has 0 aliphatic carbocycles. The smallest absolute Gasteiger partial charge is 0.343 e.